The van der Waals surface area contributed by atoms with Gasteiger partial charge < -0.3 is 14.4 Å². The molecule has 31 heavy (non-hydrogen) atoms. The second kappa shape index (κ2) is 10.7. The Balaban J connectivity index is 1.77. The van der Waals surface area contributed by atoms with Crippen LogP contribution in [0.5, 0.6) is 11.5 Å². The van der Waals surface area contributed by atoms with E-state index in [4.69, 9.17) is 9.47 Å². The van der Waals surface area contributed by atoms with E-state index in [0.717, 1.165) is 51.5 Å². The molecule has 1 atom stereocenters. The summed E-state index contributed by atoms with van der Waals surface area (Å²) < 4.78 is 12.3. The molecule has 0 aromatic heterocycles. The highest BCUT2D eigenvalue weighted by Gasteiger charge is 2.37. The molecule has 0 spiro atoms. The number of methoxy groups -OCH3 is 1. The zero-order valence-electron chi connectivity index (χ0n) is 18.0. The third kappa shape index (κ3) is 5.74. The van der Waals surface area contributed by atoms with Crippen molar-refractivity contribution in [2.45, 2.75) is 45.6 Å². The number of hydrogen-bond acceptors (Lipinski definition) is 6. The van der Waals surface area contributed by atoms with Crippen LogP contribution in [-0.4, -0.2) is 59.7 Å². The number of amides is 3. The van der Waals surface area contributed by atoms with Gasteiger partial charge in [0.25, 0.3) is 11.1 Å². The van der Waals surface area contributed by atoms with Gasteiger partial charge in [-0.15, -0.1) is 0 Å². The Morgan fingerprint density at radius 2 is 1.97 bits per heavy atom. The van der Waals surface area contributed by atoms with Crippen LogP contribution in [0.15, 0.2) is 17.0 Å². The van der Waals surface area contributed by atoms with Crippen LogP contribution in [0.1, 0.15) is 45.1 Å². The van der Waals surface area contributed by atoms with Crippen molar-refractivity contribution in [3.05, 3.63) is 26.2 Å². The van der Waals surface area contributed by atoms with Crippen LogP contribution < -0.4 is 9.47 Å². The summed E-state index contributed by atoms with van der Waals surface area (Å²) in [7, 11) is 1.57. The molecule has 3 amide bonds. The summed E-state index contributed by atoms with van der Waals surface area (Å²) in [6.07, 6.45) is 5.60. The predicted molar refractivity (Wildman–Crippen MR) is 129 cm³/mol. The van der Waals surface area contributed by atoms with Crippen LogP contribution >= 0.6 is 34.4 Å². The van der Waals surface area contributed by atoms with Gasteiger partial charge in [-0.05, 0) is 90.7 Å². The molecule has 0 N–H and O–H groups in total. The first kappa shape index (κ1) is 23.9. The van der Waals surface area contributed by atoms with Gasteiger partial charge in [0.15, 0.2) is 11.5 Å². The number of likely N-dealkylation sites (tertiary alicyclic amines) is 1. The molecule has 0 unspecified atom stereocenters. The molecule has 3 rings (SSSR count). The molecular weight excluding hydrogens is 531 g/mol. The number of rotatable bonds is 7. The van der Waals surface area contributed by atoms with Crippen molar-refractivity contribution < 1.29 is 23.9 Å². The van der Waals surface area contributed by atoms with E-state index in [0.29, 0.717) is 29.5 Å². The molecule has 0 bridgehead atoms. The van der Waals surface area contributed by atoms with Crippen molar-refractivity contribution in [3.8, 4) is 11.5 Å². The van der Waals surface area contributed by atoms with Crippen molar-refractivity contribution >= 4 is 57.5 Å². The fourth-order valence-corrected chi connectivity index (χ4v) is 4.98. The van der Waals surface area contributed by atoms with Gasteiger partial charge in [-0.2, -0.15) is 0 Å². The van der Waals surface area contributed by atoms with Crippen molar-refractivity contribution in [1.29, 1.82) is 0 Å². The van der Waals surface area contributed by atoms with E-state index in [9.17, 15) is 14.4 Å². The van der Waals surface area contributed by atoms with Crippen LogP contribution in [0.25, 0.3) is 6.08 Å². The zero-order chi connectivity index (χ0) is 22.5. The van der Waals surface area contributed by atoms with Crippen molar-refractivity contribution in [2.24, 2.45) is 0 Å². The topological polar surface area (TPSA) is 76.2 Å². The minimum Gasteiger partial charge on any atom is -0.493 e. The monoisotopic (exact) mass is 558 g/mol. The first-order valence-corrected chi connectivity index (χ1v) is 12.3. The fraction of sp³-hybridized carbons (Fsp3) is 0.500. The lowest BCUT2D eigenvalue weighted by Gasteiger charge is -2.27. The van der Waals surface area contributed by atoms with Crippen LogP contribution in [0.3, 0.4) is 0 Å². The van der Waals surface area contributed by atoms with Gasteiger partial charge in [-0.1, -0.05) is 6.92 Å². The number of piperidine rings is 1. The molecule has 0 saturated carbocycles. The maximum atomic E-state index is 12.8. The average Bonchev–Trinajstić information content (AvgIpc) is 3.02. The highest BCUT2D eigenvalue weighted by molar-refractivity contribution is 14.1. The molecule has 9 heteroatoms. The van der Waals surface area contributed by atoms with Crippen LogP contribution in [0, 0.1) is 3.57 Å². The second-order valence-electron chi connectivity index (χ2n) is 7.58. The third-order valence-electron chi connectivity index (χ3n) is 5.32. The van der Waals surface area contributed by atoms with Gasteiger partial charge in [0.2, 0.25) is 5.91 Å². The fourth-order valence-electron chi connectivity index (χ4n) is 3.39. The minimum atomic E-state index is -0.436. The van der Waals surface area contributed by atoms with E-state index in [2.05, 4.69) is 22.6 Å². The molecule has 2 fully saturated rings. The number of nitrogens with zero attached hydrogens (tertiary/aromatic N) is 2. The number of imide groups is 1. The van der Waals surface area contributed by atoms with Crippen molar-refractivity contribution in [2.75, 3.05) is 26.7 Å². The van der Waals surface area contributed by atoms with E-state index >= 15 is 0 Å². The largest absolute Gasteiger partial charge is 0.493 e. The number of benzene rings is 1. The number of carbonyl (C=O) groups excluding carboxylic acids is 3. The number of hydrogen-bond donors (Lipinski definition) is 0. The van der Waals surface area contributed by atoms with Crippen molar-refractivity contribution in [3.63, 3.8) is 0 Å². The van der Waals surface area contributed by atoms with Gasteiger partial charge >= 0.3 is 0 Å². The lowest BCUT2D eigenvalue weighted by molar-refractivity contribution is -0.136. The Labute approximate surface area is 200 Å². The van der Waals surface area contributed by atoms with Gasteiger partial charge in [0, 0.05) is 13.1 Å². The molecular formula is C22H27IN2O5S. The molecule has 2 aliphatic rings. The maximum absolute atomic E-state index is 12.8. The molecule has 2 aliphatic heterocycles. The van der Waals surface area contributed by atoms with Crippen LogP contribution in [0.2, 0.25) is 0 Å². The minimum absolute atomic E-state index is 0.0437. The van der Waals surface area contributed by atoms with E-state index in [1.807, 2.05) is 19.9 Å². The molecule has 2 saturated heterocycles. The Hall–Kier alpha value is -1.75. The highest BCUT2D eigenvalue weighted by atomic mass is 127. The van der Waals surface area contributed by atoms with E-state index in [1.165, 1.54) is 0 Å². The van der Waals surface area contributed by atoms with Crippen LogP contribution in [0.4, 0.5) is 4.79 Å². The Morgan fingerprint density at radius 3 is 2.61 bits per heavy atom. The lowest BCUT2D eigenvalue weighted by atomic mass is 10.1. The number of ether oxygens (including phenoxy) is 2. The summed E-state index contributed by atoms with van der Waals surface area (Å²) in [5.74, 6) is 0.619. The molecule has 7 nitrogen and oxygen atoms in total. The molecule has 168 valence electrons. The summed E-state index contributed by atoms with van der Waals surface area (Å²) in [4.78, 5) is 40.8. The van der Waals surface area contributed by atoms with Gasteiger partial charge in [0.05, 0.1) is 21.7 Å². The van der Waals surface area contributed by atoms with Crippen LogP contribution in [-0.2, 0) is 9.59 Å². The molecule has 0 radical (unpaired) electrons. The summed E-state index contributed by atoms with van der Waals surface area (Å²) >= 11 is 3.03. The summed E-state index contributed by atoms with van der Waals surface area (Å²) in [5.41, 5.74) is 0.727. The smallest absolute Gasteiger partial charge is 0.294 e. The maximum Gasteiger partial charge on any atom is 0.294 e. The summed E-state index contributed by atoms with van der Waals surface area (Å²) in [6.45, 7) is 5.21. The normalized spacial score (nSPS) is 19.2. The molecule has 1 aromatic rings. The highest BCUT2D eigenvalue weighted by Crippen LogP contribution is 2.38. The first-order chi connectivity index (χ1) is 14.8. The number of carbonyl (C=O) groups is 3. The van der Waals surface area contributed by atoms with E-state index < -0.39 is 11.1 Å². The van der Waals surface area contributed by atoms with Gasteiger partial charge in [0.1, 0.15) is 6.54 Å². The Kier molecular flexibility index (Phi) is 8.26. The van der Waals surface area contributed by atoms with E-state index in [-0.39, 0.29) is 18.6 Å². The summed E-state index contributed by atoms with van der Waals surface area (Å²) in [5, 5.41) is -0.417. The van der Waals surface area contributed by atoms with Gasteiger partial charge in [-0.25, -0.2) is 0 Å². The third-order valence-corrected chi connectivity index (χ3v) is 7.03. The number of thioether (sulfide) groups is 1. The zero-order valence-corrected chi connectivity index (χ0v) is 21.0. The second-order valence-corrected chi connectivity index (χ2v) is 9.74. The molecule has 2 heterocycles. The first-order valence-electron chi connectivity index (χ1n) is 10.4. The number of halogens is 1. The van der Waals surface area contributed by atoms with E-state index in [1.54, 1.807) is 24.2 Å². The summed E-state index contributed by atoms with van der Waals surface area (Å²) in [6, 6.07) is 3.67. The SMILES string of the molecule is CC[C@H](C)Oc1c(I)cc(/C=C2\SC(=O)N(CC(=O)N3CCCCC3)C2=O)cc1OC. The average molecular weight is 558 g/mol. The Morgan fingerprint density at radius 1 is 1.26 bits per heavy atom. The van der Waals surface area contributed by atoms with Gasteiger partial charge in [-0.3, -0.25) is 19.3 Å². The predicted octanol–water partition coefficient (Wildman–Crippen LogP) is 4.53. The molecule has 0 aliphatic carbocycles. The Bertz CT molecular complexity index is 898. The van der Waals surface area contributed by atoms with Crippen molar-refractivity contribution in [1.82, 2.24) is 9.80 Å². The standard InChI is InChI=1S/C22H27IN2O5S/c1-4-14(2)30-20-16(23)10-15(11-17(20)29-3)12-18-21(27)25(22(28)31-18)13-19(26)24-8-6-5-7-9-24/h10-12,14H,4-9,13H2,1-3H3/b18-12-/t14-/m0/s1. The lowest BCUT2D eigenvalue weighted by Crippen LogP contribution is -2.44. The molecule has 1 aromatic carbocycles. The quantitative estimate of drug-likeness (QED) is 0.362.